The van der Waals surface area contributed by atoms with Gasteiger partial charge in [0, 0.05) is 37.1 Å². The monoisotopic (exact) mass is 553 g/mol. The average molecular weight is 554 g/mol. The summed E-state index contributed by atoms with van der Waals surface area (Å²) in [6, 6.07) is 1.19. The first-order chi connectivity index (χ1) is 17.8. The molecule has 5 heterocycles. The van der Waals surface area contributed by atoms with Crippen molar-refractivity contribution in [3.8, 4) is 0 Å². The number of nitrogens with zero attached hydrogens (tertiary/aromatic N) is 5. The zero-order valence-electron chi connectivity index (χ0n) is 22.1. The maximum atomic E-state index is 13.5. The molecule has 12 heteroatoms. The molecule has 208 valence electrons. The molecule has 5 rings (SSSR count). The highest BCUT2D eigenvalue weighted by Gasteiger charge is 2.46. The number of rotatable bonds is 3. The lowest BCUT2D eigenvalue weighted by Crippen LogP contribution is -2.52. The van der Waals surface area contributed by atoms with Crippen molar-refractivity contribution in [1.29, 1.82) is 0 Å². The van der Waals surface area contributed by atoms with Gasteiger partial charge in [-0.15, -0.1) is 11.3 Å². The van der Waals surface area contributed by atoms with Gasteiger partial charge in [0.15, 0.2) is 0 Å². The molecule has 0 bridgehead atoms. The van der Waals surface area contributed by atoms with Crippen LogP contribution in [0.2, 0.25) is 0 Å². The highest BCUT2D eigenvalue weighted by atomic mass is 32.1. The Hall–Kier alpha value is -2.63. The van der Waals surface area contributed by atoms with Crippen molar-refractivity contribution in [1.82, 2.24) is 19.8 Å². The fraction of sp³-hybridized carbons (Fsp3) is 0.692. The second-order valence-electron chi connectivity index (χ2n) is 11.6. The molecule has 0 saturated carbocycles. The molecule has 2 aromatic rings. The molecule has 3 aliphatic heterocycles. The number of anilines is 1. The number of piperidine rings is 1. The molecule has 2 aromatic heterocycles. The van der Waals surface area contributed by atoms with Gasteiger partial charge in [-0.1, -0.05) is 0 Å². The third-order valence-electron chi connectivity index (χ3n) is 7.82. The molecule has 2 amide bonds. The Morgan fingerprint density at radius 2 is 1.89 bits per heavy atom. The normalized spacial score (nSPS) is 26.2. The Bertz CT molecular complexity index is 1210. The molecule has 4 atom stereocenters. The Morgan fingerprint density at radius 1 is 1.13 bits per heavy atom. The van der Waals surface area contributed by atoms with E-state index < -0.39 is 30.3 Å². The lowest BCUT2D eigenvalue weighted by Gasteiger charge is -2.38. The Morgan fingerprint density at radius 3 is 2.61 bits per heavy atom. The number of carbonyl (C=O) groups is 2. The Balaban J connectivity index is 1.30. The molecule has 0 N–H and O–H groups in total. The van der Waals surface area contributed by atoms with Crippen molar-refractivity contribution in [3.63, 3.8) is 0 Å². The third kappa shape index (κ3) is 5.41. The molecular formula is C26H34F3N5O3S. The Kier molecular flexibility index (Phi) is 6.98. The lowest BCUT2D eigenvalue weighted by atomic mass is 9.84. The van der Waals surface area contributed by atoms with Gasteiger partial charge in [-0.25, -0.2) is 14.8 Å². The topological polar surface area (TPSA) is 78.9 Å². The standard InChI is InChI=1S/C26H34F3N5O3S/c1-15-18-7-9-32(23(35)20-6-5-8-33(20)24(36)37-25(2,3)4)12-16(18)13-34(15)21-19-10-17(11-26(27,28)29)38-22(19)31-14-30-21/h10,14-16,18,20H,5-9,11-13H2,1-4H3/t15-,16-,18+,20-/m0/s1. The molecule has 38 heavy (non-hydrogen) atoms. The number of carbonyl (C=O) groups excluding carboxylic acids is 2. The van der Waals surface area contributed by atoms with Gasteiger partial charge >= 0.3 is 12.3 Å². The van der Waals surface area contributed by atoms with Gasteiger partial charge < -0.3 is 14.5 Å². The van der Waals surface area contributed by atoms with Gasteiger partial charge in [0.05, 0.1) is 11.8 Å². The highest BCUT2D eigenvalue weighted by molar-refractivity contribution is 7.18. The third-order valence-corrected chi connectivity index (χ3v) is 8.86. The van der Waals surface area contributed by atoms with Crippen LogP contribution in [0.5, 0.6) is 0 Å². The fourth-order valence-corrected chi connectivity index (χ4v) is 7.21. The van der Waals surface area contributed by atoms with E-state index in [2.05, 4.69) is 21.8 Å². The summed E-state index contributed by atoms with van der Waals surface area (Å²) in [5.74, 6) is 1.17. The highest BCUT2D eigenvalue weighted by Crippen LogP contribution is 2.42. The smallest absolute Gasteiger partial charge is 0.410 e. The van der Waals surface area contributed by atoms with Crippen LogP contribution in [0.4, 0.5) is 23.8 Å². The second-order valence-corrected chi connectivity index (χ2v) is 12.8. The fourth-order valence-electron chi connectivity index (χ4n) is 6.19. The van der Waals surface area contributed by atoms with Crippen LogP contribution in [0.25, 0.3) is 10.2 Å². The van der Waals surface area contributed by atoms with Gasteiger partial charge in [-0.2, -0.15) is 13.2 Å². The molecule has 8 nitrogen and oxygen atoms in total. The summed E-state index contributed by atoms with van der Waals surface area (Å²) in [5, 5.41) is 0.647. The number of halogens is 3. The maximum Gasteiger partial charge on any atom is 0.410 e. The van der Waals surface area contributed by atoms with Gasteiger partial charge in [0.1, 0.15) is 28.6 Å². The lowest BCUT2D eigenvalue weighted by molar-refractivity contribution is -0.138. The van der Waals surface area contributed by atoms with Crippen molar-refractivity contribution in [2.45, 2.75) is 77.2 Å². The molecule has 3 saturated heterocycles. The van der Waals surface area contributed by atoms with Crippen LogP contribution in [-0.2, 0) is 16.0 Å². The molecule has 0 aromatic carbocycles. The van der Waals surface area contributed by atoms with E-state index in [-0.39, 0.29) is 22.7 Å². The van der Waals surface area contributed by atoms with E-state index in [1.807, 2.05) is 25.7 Å². The minimum absolute atomic E-state index is 0.0306. The average Bonchev–Trinajstić information content (AvgIpc) is 3.53. The van der Waals surface area contributed by atoms with E-state index in [1.54, 1.807) is 11.0 Å². The summed E-state index contributed by atoms with van der Waals surface area (Å²) in [7, 11) is 0. The zero-order chi connectivity index (χ0) is 27.4. The van der Waals surface area contributed by atoms with Crippen molar-refractivity contribution in [2.75, 3.05) is 31.1 Å². The number of aromatic nitrogens is 2. The molecule has 0 unspecified atom stereocenters. The predicted octanol–water partition coefficient (Wildman–Crippen LogP) is 4.87. The van der Waals surface area contributed by atoms with E-state index in [0.717, 1.165) is 24.2 Å². The number of alkyl halides is 3. The van der Waals surface area contributed by atoms with Crippen LogP contribution in [0, 0.1) is 11.8 Å². The largest absolute Gasteiger partial charge is 0.444 e. The number of fused-ring (bicyclic) bond motifs is 2. The van der Waals surface area contributed by atoms with Crippen LogP contribution in [0.3, 0.4) is 0 Å². The quantitative estimate of drug-likeness (QED) is 0.540. The molecular weight excluding hydrogens is 519 g/mol. The van der Waals surface area contributed by atoms with Gasteiger partial charge in [-0.3, -0.25) is 9.69 Å². The molecule has 0 spiro atoms. The van der Waals surface area contributed by atoms with Gasteiger partial charge in [0.2, 0.25) is 5.91 Å². The summed E-state index contributed by atoms with van der Waals surface area (Å²) in [4.78, 5) is 41.4. The van der Waals surface area contributed by atoms with Crippen LogP contribution >= 0.6 is 11.3 Å². The van der Waals surface area contributed by atoms with Crippen LogP contribution in [0.15, 0.2) is 12.4 Å². The van der Waals surface area contributed by atoms with Crippen LogP contribution < -0.4 is 4.90 Å². The van der Waals surface area contributed by atoms with E-state index in [9.17, 15) is 22.8 Å². The van der Waals surface area contributed by atoms with Crippen molar-refractivity contribution in [2.24, 2.45) is 11.8 Å². The number of amides is 2. The predicted molar refractivity (Wildman–Crippen MR) is 138 cm³/mol. The molecule has 0 aliphatic carbocycles. The minimum atomic E-state index is -4.28. The zero-order valence-corrected chi connectivity index (χ0v) is 22.9. The summed E-state index contributed by atoms with van der Waals surface area (Å²) < 4.78 is 44.5. The van der Waals surface area contributed by atoms with Crippen LogP contribution in [0.1, 0.15) is 51.8 Å². The first kappa shape index (κ1) is 27.0. The number of ether oxygens (including phenoxy) is 1. The van der Waals surface area contributed by atoms with Crippen molar-refractivity contribution < 1.29 is 27.5 Å². The van der Waals surface area contributed by atoms with Crippen molar-refractivity contribution in [3.05, 3.63) is 17.3 Å². The number of thiophene rings is 1. The summed E-state index contributed by atoms with van der Waals surface area (Å²) >= 11 is 1.05. The number of hydrogen-bond acceptors (Lipinski definition) is 7. The molecule has 3 aliphatic rings. The first-order valence-electron chi connectivity index (χ1n) is 13.2. The molecule has 0 radical (unpaired) electrons. The summed E-state index contributed by atoms with van der Waals surface area (Å²) in [6.07, 6.45) is -2.07. The van der Waals surface area contributed by atoms with Gasteiger partial charge in [-0.05, 0) is 64.9 Å². The summed E-state index contributed by atoms with van der Waals surface area (Å²) in [5.41, 5.74) is -0.628. The second kappa shape index (κ2) is 9.84. The van der Waals surface area contributed by atoms with E-state index in [4.69, 9.17) is 4.74 Å². The van der Waals surface area contributed by atoms with E-state index >= 15 is 0 Å². The first-order valence-corrected chi connectivity index (χ1v) is 14.0. The number of likely N-dealkylation sites (tertiary alicyclic amines) is 2. The van der Waals surface area contributed by atoms with Gasteiger partial charge in [0.25, 0.3) is 0 Å². The number of hydrogen-bond donors (Lipinski definition) is 0. The van der Waals surface area contributed by atoms with Crippen molar-refractivity contribution >= 4 is 39.4 Å². The summed E-state index contributed by atoms with van der Waals surface area (Å²) in [6.45, 7) is 9.94. The van der Waals surface area contributed by atoms with E-state index in [0.29, 0.717) is 54.6 Å². The SMILES string of the molecule is C[C@H]1[C@H]2CCN(C(=O)[C@@H]3CCCN3C(=O)OC(C)(C)C)C[C@H]2CN1c1ncnc2sc(CC(F)(F)F)cc12. The molecule has 3 fully saturated rings. The minimum Gasteiger partial charge on any atom is -0.444 e. The van der Waals surface area contributed by atoms with E-state index in [1.165, 1.54) is 6.33 Å². The van der Waals surface area contributed by atoms with Crippen LogP contribution in [-0.4, -0.2) is 81.8 Å². The maximum absolute atomic E-state index is 13.5. The Labute approximate surface area is 224 Å².